The van der Waals surface area contributed by atoms with Crippen molar-refractivity contribution in [1.82, 2.24) is 10.3 Å². The summed E-state index contributed by atoms with van der Waals surface area (Å²) in [6.45, 7) is 4.75. The number of para-hydroxylation sites is 1. The molecule has 0 radical (unpaired) electrons. The van der Waals surface area contributed by atoms with Crippen molar-refractivity contribution in [3.8, 4) is 0 Å². The number of H-pyrrole nitrogens is 1. The van der Waals surface area contributed by atoms with Crippen LogP contribution in [0, 0.1) is 5.41 Å². The average Bonchev–Trinajstić information content (AvgIpc) is 2.89. The third kappa shape index (κ3) is 2.69. The Morgan fingerprint density at radius 2 is 2.16 bits per heavy atom. The van der Waals surface area contributed by atoms with Crippen LogP contribution in [0.4, 0.5) is 0 Å². The lowest BCUT2D eigenvalue weighted by atomic mass is 9.74. The number of rotatable bonds is 4. The van der Waals surface area contributed by atoms with Gasteiger partial charge in [-0.05, 0) is 61.6 Å². The molecule has 1 fully saturated rings. The van der Waals surface area contributed by atoms with E-state index < -0.39 is 0 Å². The maximum absolute atomic E-state index is 3.58. The molecule has 2 aromatic rings. The van der Waals surface area contributed by atoms with Crippen LogP contribution < -0.4 is 5.32 Å². The van der Waals surface area contributed by atoms with Crippen LogP contribution in [0.1, 0.15) is 38.3 Å². The number of piperidine rings is 1. The van der Waals surface area contributed by atoms with Crippen LogP contribution in [0.3, 0.4) is 0 Å². The molecular weight excluding hydrogens is 232 g/mol. The summed E-state index contributed by atoms with van der Waals surface area (Å²) in [5.41, 5.74) is 3.18. The van der Waals surface area contributed by atoms with Crippen molar-refractivity contribution in [2.45, 2.75) is 39.0 Å². The molecule has 0 bridgehead atoms. The van der Waals surface area contributed by atoms with Crippen molar-refractivity contribution in [3.63, 3.8) is 0 Å². The highest BCUT2D eigenvalue weighted by Crippen LogP contribution is 2.35. The van der Waals surface area contributed by atoms with E-state index in [0.717, 1.165) is 0 Å². The molecule has 2 heterocycles. The molecule has 2 heteroatoms. The van der Waals surface area contributed by atoms with Crippen molar-refractivity contribution >= 4 is 10.9 Å². The van der Waals surface area contributed by atoms with Gasteiger partial charge in [-0.2, -0.15) is 0 Å². The van der Waals surface area contributed by atoms with Gasteiger partial charge >= 0.3 is 0 Å². The Labute approximate surface area is 115 Å². The van der Waals surface area contributed by atoms with E-state index in [0.29, 0.717) is 5.41 Å². The minimum atomic E-state index is 0.523. The molecule has 1 saturated heterocycles. The highest BCUT2D eigenvalue weighted by atomic mass is 14.9. The zero-order valence-corrected chi connectivity index (χ0v) is 11.8. The standard InChI is InChI=1S/C17H24N2/c1-2-17(9-5-11-18-13-17)10-8-15-12-14-6-3-4-7-16(14)19-15/h3-4,6-7,12,18-19H,2,5,8-11,13H2,1H3. The molecule has 1 aromatic carbocycles. The molecule has 0 saturated carbocycles. The summed E-state index contributed by atoms with van der Waals surface area (Å²) >= 11 is 0. The van der Waals surface area contributed by atoms with Crippen LogP contribution in [0.15, 0.2) is 30.3 Å². The highest BCUT2D eigenvalue weighted by molar-refractivity contribution is 5.80. The molecule has 1 unspecified atom stereocenters. The van der Waals surface area contributed by atoms with Gasteiger partial charge in [0.1, 0.15) is 0 Å². The van der Waals surface area contributed by atoms with E-state index in [-0.39, 0.29) is 0 Å². The Balaban J connectivity index is 1.70. The quantitative estimate of drug-likeness (QED) is 0.853. The van der Waals surface area contributed by atoms with E-state index in [1.54, 1.807) is 0 Å². The van der Waals surface area contributed by atoms with E-state index in [1.165, 1.54) is 61.8 Å². The molecule has 0 spiro atoms. The predicted molar refractivity (Wildman–Crippen MR) is 81.4 cm³/mol. The lowest BCUT2D eigenvalue weighted by Crippen LogP contribution is -2.39. The average molecular weight is 256 g/mol. The first kappa shape index (κ1) is 12.7. The number of aromatic amines is 1. The van der Waals surface area contributed by atoms with E-state index in [1.807, 2.05) is 0 Å². The molecule has 1 atom stereocenters. The fourth-order valence-electron chi connectivity index (χ4n) is 3.39. The molecule has 0 amide bonds. The monoisotopic (exact) mass is 256 g/mol. The summed E-state index contributed by atoms with van der Waals surface area (Å²) < 4.78 is 0. The Morgan fingerprint density at radius 1 is 1.26 bits per heavy atom. The van der Waals surface area contributed by atoms with Gasteiger partial charge in [0.25, 0.3) is 0 Å². The Hall–Kier alpha value is -1.28. The van der Waals surface area contributed by atoms with Gasteiger partial charge in [0.05, 0.1) is 0 Å². The molecule has 2 N–H and O–H groups in total. The fourth-order valence-corrected chi connectivity index (χ4v) is 3.39. The lowest BCUT2D eigenvalue weighted by molar-refractivity contribution is 0.183. The van der Waals surface area contributed by atoms with Crippen molar-refractivity contribution in [2.75, 3.05) is 13.1 Å². The first-order valence-electron chi connectivity index (χ1n) is 7.59. The van der Waals surface area contributed by atoms with Gasteiger partial charge in [-0.3, -0.25) is 0 Å². The number of fused-ring (bicyclic) bond motifs is 1. The van der Waals surface area contributed by atoms with Crippen LogP contribution in [-0.2, 0) is 6.42 Å². The Morgan fingerprint density at radius 3 is 2.89 bits per heavy atom. The number of benzene rings is 1. The number of nitrogens with one attached hydrogen (secondary N) is 2. The second kappa shape index (κ2) is 5.38. The third-order valence-electron chi connectivity index (χ3n) is 4.82. The third-order valence-corrected chi connectivity index (χ3v) is 4.82. The molecule has 0 aliphatic carbocycles. The van der Waals surface area contributed by atoms with Crippen LogP contribution in [0.25, 0.3) is 10.9 Å². The highest BCUT2D eigenvalue weighted by Gasteiger charge is 2.29. The predicted octanol–water partition coefficient (Wildman–Crippen LogP) is 3.88. The first-order valence-corrected chi connectivity index (χ1v) is 7.59. The topological polar surface area (TPSA) is 27.8 Å². The van der Waals surface area contributed by atoms with E-state index >= 15 is 0 Å². The smallest absolute Gasteiger partial charge is 0.0456 e. The van der Waals surface area contributed by atoms with Gasteiger partial charge in [0.2, 0.25) is 0 Å². The first-order chi connectivity index (χ1) is 9.31. The van der Waals surface area contributed by atoms with Gasteiger partial charge in [-0.25, -0.2) is 0 Å². The Bertz CT molecular complexity index is 502. The minimum absolute atomic E-state index is 0.523. The van der Waals surface area contributed by atoms with Gasteiger partial charge in [-0.15, -0.1) is 0 Å². The second-order valence-corrected chi connectivity index (χ2v) is 6.02. The summed E-state index contributed by atoms with van der Waals surface area (Å²) in [7, 11) is 0. The minimum Gasteiger partial charge on any atom is -0.358 e. The normalized spacial score (nSPS) is 23.8. The molecule has 1 aliphatic heterocycles. The van der Waals surface area contributed by atoms with Crippen LogP contribution in [0.2, 0.25) is 0 Å². The number of aryl methyl sites for hydroxylation is 1. The molecule has 1 aromatic heterocycles. The van der Waals surface area contributed by atoms with Crippen molar-refractivity contribution in [1.29, 1.82) is 0 Å². The SMILES string of the molecule is CCC1(CCc2cc3ccccc3[nH]2)CCCNC1. The van der Waals surface area contributed by atoms with Crippen LogP contribution >= 0.6 is 0 Å². The van der Waals surface area contributed by atoms with E-state index in [2.05, 4.69) is 47.6 Å². The maximum Gasteiger partial charge on any atom is 0.0456 e. The summed E-state index contributed by atoms with van der Waals surface area (Å²) in [5, 5.41) is 4.92. The second-order valence-electron chi connectivity index (χ2n) is 6.02. The van der Waals surface area contributed by atoms with E-state index in [4.69, 9.17) is 0 Å². The van der Waals surface area contributed by atoms with Gasteiger partial charge in [-0.1, -0.05) is 25.1 Å². The Kier molecular flexibility index (Phi) is 3.61. The lowest BCUT2D eigenvalue weighted by Gasteiger charge is -2.37. The zero-order valence-electron chi connectivity index (χ0n) is 11.8. The summed E-state index contributed by atoms with van der Waals surface area (Å²) in [4.78, 5) is 3.56. The maximum atomic E-state index is 3.58. The molecule has 2 nitrogen and oxygen atoms in total. The summed E-state index contributed by atoms with van der Waals surface area (Å²) in [6.07, 6.45) is 6.48. The fraction of sp³-hybridized carbons (Fsp3) is 0.529. The number of aromatic nitrogens is 1. The molecule has 3 rings (SSSR count). The number of hydrogen-bond acceptors (Lipinski definition) is 1. The molecule has 1 aliphatic rings. The van der Waals surface area contributed by atoms with Crippen molar-refractivity contribution in [2.24, 2.45) is 5.41 Å². The zero-order chi connectivity index (χ0) is 13.1. The molecule has 19 heavy (non-hydrogen) atoms. The molecular formula is C17H24N2. The largest absolute Gasteiger partial charge is 0.358 e. The summed E-state index contributed by atoms with van der Waals surface area (Å²) in [5.74, 6) is 0. The van der Waals surface area contributed by atoms with Crippen LogP contribution in [-0.4, -0.2) is 18.1 Å². The summed E-state index contributed by atoms with van der Waals surface area (Å²) in [6, 6.07) is 10.9. The molecule has 102 valence electrons. The van der Waals surface area contributed by atoms with E-state index in [9.17, 15) is 0 Å². The van der Waals surface area contributed by atoms with Gasteiger partial charge < -0.3 is 10.3 Å². The van der Waals surface area contributed by atoms with Crippen molar-refractivity contribution in [3.05, 3.63) is 36.0 Å². The number of hydrogen-bond donors (Lipinski definition) is 2. The van der Waals surface area contributed by atoms with Gasteiger partial charge in [0, 0.05) is 17.8 Å². The van der Waals surface area contributed by atoms with Crippen LogP contribution in [0.5, 0.6) is 0 Å². The van der Waals surface area contributed by atoms with Crippen molar-refractivity contribution < 1.29 is 0 Å². The van der Waals surface area contributed by atoms with Gasteiger partial charge in [0.15, 0.2) is 0 Å².